The van der Waals surface area contributed by atoms with Crippen LogP contribution in [0.3, 0.4) is 0 Å². The first-order chi connectivity index (χ1) is 12.7. The molecule has 1 amide bonds. The summed E-state index contributed by atoms with van der Waals surface area (Å²) in [7, 11) is 0. The number of hydrogen-bond donors (Lipinski definition) is 1. The Bertz CT molecular complexity index is 854. The molecule has 0 saturated heterocycles. The normalized spacial score (nSPS) is 10.5. The maximum absolute atomic E-state index is 12.0. The number of benzene rings is 2. The van der Waals surface area contributed by atoms with Gasteiger partial charge in [-0.2, -0.15) is 4.80 Å². The zero-order valence-electron chi connectivity index (χ0n) is 14.0. The summed E-state index contributed by atoms with van der Waals surface area (Å²) in [6.07, 6.45) is 0.702. The third-order valence-corrected chi connectivity index (χ3v) is 3.75. The van der Waals surface area contributed by atoms with Crippen LogP contribution < -0.4 is 10.1 Å². The number of aromatic nitrogens is 4. The van der Waals surface area contributed by atoms with E-state index in [0.717, 1.165) is 11.3 Å². The van der Waals surface area contributed by atoms with Gasteiger partial charge in [0.05, 0.1) is 0 Å². The topological polar surface area (TPSA) is 81.9 Å². The molecule has 0 aliphatic carbocycles. The first-order valence-electron chi connectivity index (χ1n) is 8.15. The zero-order valence-corrected chi connectivity index (χ0v) is 14.8. The quantitative estimate of drug-likeness (QED) is 0.656. The summed E-state index contributed by atoms with van der Waals surface area (Å²) in [5.41, 5.74) is 1.07. The second kappa shape index (κ2) is 8.96. The van der Waals surface area contributed by atoms with E-state index < -0.39 is 0 Å². The van der Waals surface area contributed by atoms with Crippen molar-refractivity contribution in [3.63, 3.8) is 0 Å². The highest BCUT2D eigenvalue weighted by molar-refractivity contribution is 6.30. The minimum atomic E-state index is -0.181. The molecule has 134 valence electrons. The molecule has 1 N–H and O–H groups in total. The molecule has 2 aromatic carbocycles. The summed E-state index contributed by atoms with van der Waals surface area (Å²) in [6, 6.07) is 16.9. The first kappa shape index (κ1) is 17.9. The molecule has 0 unspecified atom stereocenters. The van der Waals surface area contributed by atoms with Gasteiger partial charge in [0.2, 0.25) is 11.7 Å². The molecule has 0 bridgehead atoms. The third-order valence-electron chi connectivity index (χ3n) is 3.52. The largest absolute Gasteiger partial charge is 0.485 e. The second-order valence-corrected chi connectivity index (χ2v) is 6.00. The van der Waals surface area contributed by atoms with Gasteiger partial charge in [-0.25, -0.2) is 0 Å². The van der Waals surface area contributed by atoms with E-state index in [2.05, 4.69) is 20.7 Å². The summed E-state index contributed by atoms with van der Waals surface area (Å²) < 4.78 is 5.54. The molecule has 0 saturated carbocycles. The molecule has 3 aromatic rings. The lowest BCUT2D eigenvalue weighted by molar-refractivity contribution is -0.122. The van der Waals surface area contributed by atoms with Gasteiger partial charge in [0.15, 0.2) is 6.61 Å². The molecule has 0 atom stereocenters. The van der Waals surface area contributed by atoms with Crippen molar-refractivity contribution < 1.29 is 9.53 Å². The molecular formula is C18H18ClN5O2. The standard InChI is InChI=1S/C18H18ClN5O2/c19-15-6-4-5-14(11-15)9-10-20-18(25)12-24-22-17(21-23-24)13-26-16-7-2-1-3-8-16/h1-8,11H,9-10,12-13H2,(H,20,25). The number of ether oxygens (including phenoxy) is 1. The average molecular weight is 372 g/mol. The lowest BCUT2D eigenvalue weighted by Crippen LogP contribution is -2.30. The number of carbonyl (C=O) groups excluding carboxylic acids is 1. The summed E-state index contributed by atoms with van der Waals surface area (Å²) in [4.78, 5) is 13.2. The molecule has 0 radical (unpaired) electrons. The highest BCUT2D eigenvalue weighted by atomic mass is 35.5. The van der Waals surface area contributed by atoms with Crippen molar-refractivity contribution >= 4 is 17.5 Å². The van der Waals surface area contributed by atoms with Crippen LogP contribution in [0.1, 0.15) is 11.4 Å². The van der Waals surface area contributed by atoms with E-state index in [4.69, 9.17) is 16.3 Å². The Balaban J connectivity index is 1.41. The smallest absolute Gasteiger partial charge is 0.243 e. The molecule has 0 spiro atoms. The SMILES string of the molecule is O=C(Cn1nnc(COc2ccccc2)n1)NCCc1cccc(Cl)c1. The van der Waals surface area contributed by atoms with Gasteiger partial charge in [-0.05, 0) is 41.5 Å². The van der Waals surface area contributed by atoms with E-state index in [1.165, 1.54) is 4.80 Å². The van der Waals surface area contributed by atoms with E-state index in [1.54, 1.807) is 0 Å². The van der Waals surface area contributed by atoms with Crippen LogP contribution in [-0.4, -0.2) is 32.7 Å². The van der Waals surface area contributed by atoms with Crippen molar-refractivity contribution in [1.82, 2.24) is 25.5 Å². The van der Waals surface area contributed by atoms with Crippen LogP contribution in [0.5, 0.6) is 5.75 Å². The van der Waals surface area contributed by atoms with E-state index in [0.29, 0.717) is 23.8 Å². The van der Waals surface area contributed by atoms with Crippen molar-refractivity contribution in [2.45, 2.75) is 19.6 Å². The van der Waals surface area contributed by atoms with Crippen molar-refractivity contribution in [2.75, 3.05) is 6.54 Å². The number of amides is 1. The second-order valence-electron chi connectivity index (χ2n) is 5.57. The monoisotopic (exact) mass is 371 g/mol. The average Bonchev–Trinajstić information content (AvgIpc) is 3.08. The maximum atomic E-state index is 12.0. The lowest BCUT2D eigenvalue weighted by atomic mass is 10.1. The summed E-state index contributed by atoms with van der Waals surface area (Å²) >= 11 is 5.94. The van der Waals surface area contributed by atoms with Crippen molar-refractivity contribution in [2.24, 2.45) is 0 Å². The molecule has 1 aromatic heterocycles. The van der Waals surface area contributed by atoms with Crippen LogP contribution in [0, 0.1) is 0 Å². The van der Waals surface area contributed by atoms with Crippen LogP contribution in [0.4, 0.5) is 0 Å². The van der Waals surface area contributed by atoms with E-state index in [1.807, 2.05) is 54.6 Å². The fourth-order valence-corrected chi connectivity index (χ4v) is 2.50. The number of nitrogens with one attached hydrogen (secondary N) is 1. The van der Waals surface area contributed by atoms with Gasteiger partial charge in [0.25, 0.3) is 0 Å². The Morgan fingerprint density at radius 1 is 1.15 bits per heavy atom. The fraction of sp³-hybridized carbons (Fsp3) is 0.222. The Labute approximate surface area is 155 Å². The van der Waals surface area contributed by atoms with Gasteiger partial charge >= 0.3 is 0 Å². The van der Waals surface area contributed by atoms with Gasteiger partial charge in [-0.3, -0.25) is 4.79 Å². The van der Waals surface area contributed by atoms with Crippen LogP contribution in [0.2, 0.25) is 5.02 Å². The molecule has 7 nitrogen and oxygen atoms in total. The first-order valence-corrected chi connectivity index (χ1v) is 8.52. The third kappa shape index (κ3) is 5.56. The fourth-order valence-electron chi connectivity index (χ4n) is 2.29. The lowest BCUT2D eigenvalue weighted by Gasteiger charge is -2.05. The van der Waals surface area contributed by atoms with E-state index in [9.17, 15) is 4.79 Å². The highest BCUT2D eigenvalue weighted by Gasteiger charge is 2.08. The summed E-state index contributed by atoms with van der Waals surface area (Å²) in [6.45, 7) is 0.714. The Morgan fingerprint density at radius 2 is 2.00 bits per heavy atom. The molecule has 26 heavy (non-hydrogen) atoms. The van der Waals surface area contributed by atoms with Crippen molar-refractivity contribution in [3.8, 4) is 5.75 Å². The molecular weight excluding hydrogens is 354 g/mol. The van der Waals surface area contributed by atoms with Gasteiger partial charge in [0, 0.05) is 11.6 Å². The van der Waals surface area contributed by atoms with E-state index >= 15 is 0 Å². The molecule has 8 heteroatoms. The number of tetrazole rings is 1. The molecule has 0 aliphatic rings. The van der Waals surface area contributed by atoms with E-state index in [-0.39, 0.29) is 19.1 Å². The Hall–Kier alpha value is -2.93. The zero-order chi connectivity index (χ0) is 18.2. The molecule has 3 rings (SSSR count). The van der Waals surface area contributed by atoms with Gasteiger partial charge in [-0.1, -0.05) is 41.9 Å². The number of carbonyl (C=O) groups is 1. The number of hydrogen-bond acceptors (Lipinski definition) is 5. The number of halogens is 1. The van der Waals surface area contributed by atoms with Crippen molar-refractivity contribution in [3.05, 3.63) is 71.0 Å². The predicted octanol–water partition coefficient (Wildman–Crippen LogP) is 2.26. The highest BCUT2D eigenvalue weighted by Crippen LogP contribution is 2.11. The van der Waals surface area contributed by atoms with Crippen molar-refractivity contribution in [1.29, 1.82) is 0 Å². The number of para-hydroxylation sites is 1. The van der Waals surface area contributed by atoms with Gasteiger partial charge in [0.1, 0.15) is 12.3 Å². The number of rotatable bonds is 8. The van der Waals surface area contributed by atoms with Crippen LogP contribution in [-0.2, 0) is 24.4 Å². The summed E-state index contributed by atoms with van der Waals surface area (Å²) in [5.74, 6) is 0.961. The number of nitrogens with zero attached hydrogens (tertiary/aromatic N) is 4. The van der Waals surface area contributed by atoms with Crippen LogP contribution >= 0.6 is 11.6 Å². The Kier molecular flexibility index (Phi) is 6.16. The minimum absolute atomic E-state index is 0.00782. The molecule has 1 heterocycles. The van der Waals surface area contributed by atoms with Crippen LogP contribution in [0.15, 0.2) is 54.6 Å². The minimum Gasteiger partial charge on any atom is -0.485 e. The Morgan fingerprint density at radius 3 is 2.81 bits per heavy atom. The van der Waals surface area contributed by atoms with Gasteiger partial charge < -0.3 is 10.1 Å². The van der Waals surface area contributed by atoms with Crippen LogP contribution in [0.25, 0.3) is 0 Å². The van der Waals surface area contributed by atoms with Gasteiger partial charge in [-0.15, -0.1) is 10.2 Å². The predicted molar refractivity (Wildman–Crippen MR) is 96.8 cm³/mol. The maximum Gasteiger partial charge on any atom is 0.243 e. The molecule has 0 fully saturated rings. The summed E-state index contributed by atoms with van der Waals surface area (Å²) in [5, 5.41) is 15.4. The molecule has 0 aliphatic heterocycles.